The summed E-state index contributed by atoms with van der Waals surface area (Å²) in [5, 5.41) is 7.76. The molecule has 20 heavy (non-hydrogen) atoms. The number of halogens is 2. The first-order valence-corrected chi connectivity index (χ1v) is 7.37. The van der Waals surface area contributed by atoms with Crippen LogP contribution in [0.2, 0.25) is 0 Å². The van der Waals surface area contributed by atoms with Crippen molar-refractivity contribution < 1.29 is 8.78 Å². The third kappa shape index (κ3) is 3.66. The van der Waals surface area contributed by atoms with Crippen LogP contribution >= 0.6 is 11.3 Å². The molecule has 0 radical (unpaired) electrons. The van der Waals surface area contributed by atoms with Crippen LogP contribution < -0.4 is 10.6 Å². The molecule has 0 amide bonds. The largest absolute Gasteiger partial charge is 0.368 e. The summed E-state index contributed by atoms with van der Waals surface area (Å²) in [7, 11) is 0. The van der Waals surface area contributed by atoms with Crippen molar-refractivity contribution >= 4 is 23.0 Å². The molecule has 6 heteroatoms. The normalized spacial score (nSPS) is 12.2. The summed E-state index contributed by atoms with van der Waals surface area (Å²) in [5.74, 6) is -1.21. The maximum atomic E-state index is 13.7. The Balaban J connectivity index is 2.09. The zero-order valence-corrected chi connectivity index (χ0v) is 12.2. The average molecular weight is 297 g/mol. The molecule has 0 aliphatic heterocycles. The Morgan fingerprint density at radius 2 is 2.05 bits per heavy atom. The standard InChI is InChI=1S/C14H17F2N3S/c1-3-17-13-11(15)8-12(16)14(19-13)18-9(2)7-10-5-4-6-20-10/h4-6,8-9H,3,7H2,1-2H3,(H2,17,18,19). The van der Waals surface area contributed by atoms with Crippen molar-refractivity contribution in [3.8, 4) is 0 Å². The van der Waals surface area contributed by atoms with Crippen molar-refractivity contribution in [2.24, 2.45) is 0 Å². The van der Waals surface area contributed by atoms with Crippen molar-refractivity contribution in [2.45, 2.75) is 26.3 Å². The monoisotopic (exact) mass is 297 g/mol. The quantitative estimate of drug-likeness (QED) is 0.849. The number of anilines is 2. The van der Waals surface area contributed by atoms with E-state index in [9.17, 15) is 8.78 Å². The van der Waals surface area contributed by atoms with Gasteiger partial charge in [-0.1, -0.05) is 6.07 Å². The Hall–Kier alpha value is -1.69. The first-order chi connectivity index (χ1) is 9.60. The summed E-state index contributed by atoms with van der Waals surface area (Å²) in [6, 6.07) is 4.87. The highest BCUT2D eigenvalue weighted by molar-refractivity contribution is 7.09. The lowest BCUT2D eigenvalue weighted by atomic mass is 10.2. The fourth-order valence-electron chi connectivity index (χ4n) is 1.87. The van der Waals surface area contributed by atoms with Gasteiger partial charge in [-0.3, -0.25) is 0 Å². The van der Waals surface area contributed by atoms with Gasteiger partial charge in [0.05, 0.1) is 0 Å². The predicted molar refractivity (Wildman–Crippen MR) is 79.4 cm³/mol. The maximum absolute atomic E-state index is 13.7. The molecular weight excluding hydrogens is 280 g/mol. The Morgan fingerprint density at radius 1 is 1.30 bits per heavy atom. The van der Waals surface area contributed by atoms with Gasteiger partial charge in [0, 0.05) is 30.0 Å². The van der Waals surface area contributed by atoms with E-state index >= 15 is 0 Å². The van der Waals surface area contributed by atoms with Crippen molar-refractivity contribution in [1.82, 2.24) is 4.98 Å². The van der Waals surface area contributed by atoms with Crippen LogP contribution in [-0.2, 0) is 6.42 Å². The van der Waals surface area contributed by atoms with Gasteiger partial charge >= 0.3 is 0 Å². The molecule has 3 nitrogen and oxygen atoms in total. The molecule has 2 aromatic heterocycles. The molecular formula is C14H17F2N3S. The molecule has 108 valence electrons. The summed E-state index contributed by atoms with van der Waals surface area (Å²) < 4.78 is 27.2. The van der Waals surface area contributed by atoms with Crippen molar-refractivity contribution in [2.75, 3.05) is 17.2 Å². The van der Waals surface area contributed by atoms with Crippen LogP contribution in [0.4, 0.5) is 20.4 Å². The van der Waals surface area contributed by atoms with E-state index in [1.807, 2.05) is 31.4 Å². The Labute approximate surface area is 121 Å². The fourth-order valence-corrected chi connectivity index (χ4v) is 2.71. The highest BCUT2D eigenvalue weighted by Crippen LogP contribution is 2.20. The van der Waals surface area contributed by atoms with Crippen LogP contribution in [0.25, 0.3) is 0 Å². The second kappa shape index (κ2) is 6.65. The fraction of sp³-hybridized carbons (Fsp3) is 0.357. The Morgan fingerprint density at radius 3 is 2.70 bits per heavy atom. The van der Waals surface area contributed by atoms with E-state index in [1.54, 1.807) is 11.3 Å². The van der Waals surface area contributed by atoms with E-state index in [0.29, 0.717) is 6.54 Å². The summed E-state index contributed by atoms with van der Waals surface area (Å²) in [5.41, 5.74) is 0. The van der Waals surface area contributed by atoms with E-state index in [-0.39, 0.29) is 17.7 Å². The van der Waals surface area contributed by atoms with Crippen molar-refractivity contribution in [3.63, 3.8) is 0 Å². The van der Waals surface area contributed by atoms with E-state index < -0.39 is 11.6 Å². The smallest absolute Gasteiger partial charge is 0.168 e. The van der Waals surface area contributed by atoms with Gasteiger partial charge in [0.25, 0.3) is 0 Å². The molecule has 2 rings (SSSR count). The molecule has 2 N–H and O–H groups in total. The van der Waals surface area contributed by atoms with E-state index in [2.05, 4.69) is 15.6 Å². The molecule has 1 unspecified atom stereocenters. The molecule has 0 aliphatic rings. The van der Waals surface area contributed by atoms with Gasteiger partial charge in [-0.15, -0.1) is 11.3 Å². The number of nitrogens with zero attached hydrogens (tertiary/aromatic N) is 1. The molecule has 0 bridgehead atoms. The van der Waals surface area contributed by atoms with E-state index in [4.69, 9.17) is 0 Å². The molecule has 2 aromatic rings. The van der Waals surface area contributed by atoms with Crippen LogP contribution in [0.15, 0.2) is 23.6 Å². The molecule has 0 spiro atoms. The summed E-state index contributed by atoms with van der Waals surface area (Å²) in [6.07, 6.45) is 0.771. The van der Waals surface area contributed by atoms with Crippen molar-refractivity contribution in [1.29, 1.82) is 0 Å². The minimum absolute atomic E-state index is 0.00980. The first-order valence-electron chi connectivity index (χ1n) is 6.49. The molecule has 2 heterocycles. The van der Waals surface area contributed by atoms with Gasteiger partial charge in [-0.25, -0.2) is 13.8 Å². The predicted octanol–water partition coefficient (Wildman–Crippen LogP) is 3.90. The van der Waals surface area contributed by atoms with Gasteiger partial charge in [0.1, 0.15) is 0 Å². The van der Waals surface area contributed by atoms with Gasteiger partial charge in [-0.05, 0) is 25.3 Å². The number of rotatable bonds is 6. The maximum Gasteiger partial charge on any atom is 0.168 e. The third-order valence-electron chi connectivity index (χ3n) is 2.74. The molecule has 0 saturated carbocycles. The lowest BCUT2D eigenvalue weighted by molar-refractivity contribution is 0.575. The summed E-state index contributed by atoms with van der Waals surface area (Å²) in [4.78, 5) is 5.17. The van der Waals surface area contributed by atoms with Gasteiger partial charge in [0.15, 0.2) is 23.3 Å². The minimum Gasteiger partial charge on any atom is -0.368 e. The van der Waals surface area contributed by atoms with Crippen molar-refractivity contribution in [3.05, 3.63) is 40.1 Å². The average Bonchev–Trinajstić information content (AvgIpc) is 2.88. The lowest BCUT2D eigenvalue weighted by Crippen LogP contribution is -2.20. The zero-order chi connectivity index (χ0) is 14.5. The molecule has 1 atom stereocenters. The molecule has 0 fully saturated rings. The number of hydrogen-bond acceptors (Lipinski definition) is 4. The zero-order valence-electron chi connectivity index (χ0n) is 11.4. The second-order valence-electron chi connectivity index (χ2n) is 4.51. The van der Waals surface area contributed by atoms with Crippen LogP contribution in [-0.4, -0.2) is 17.6 Å². The highest BCUT2D eigenvalue weighted by atomic mass is 32.1. The van der Waals surface area contributed by atoms with Gasteiger partial charge < -0.3 is 10.6 Å². The molecule has 0 aliphatic carbocycles. The summed E-state index contributed by atoms with van der Waals surface area (Å²) >= 11 is 1.65. The van der Waals surface area contributed by atoms with Crippen LogP contribution in [0.3, 0.4) is 0 Å². The van der Waals surface area contributed by atoms with Gasteiger partial charge in [0.2, 0.25) is 0 Å². The number of nitrogens with one attached hydrogen (secondary N) is 2. The molecule has 0 saturated heterocycles. The lowest BCUT2D eigenvalue weighted by Gasteiger charge is -2.15. The van der Waals surface area contributed by atoms with Crippen LogP contribution in [0.5, 0.6) is 0 Å². The first kappa shape index (κ1) is 14.7. The topological polar surface area (TPSA) is 37.0 Å². The number of hydrogen-bond donors (Lipinski definition) is 2. The third-order valence-corrected chi connectivity index (χ3v) is 3.64. The van der Waals surface area contributed by atoms with Crippen LogP contribution in [0.1, 0.15) is 18.7 Å². The Bertz CT molecular complexity index is 558. The second-order valence-corrected chi connectivity index (χ2v) is 5.54. The number of pyridine rings is 1. The highest BCUT2D eigenvalue weighted by Gasteiger charge is 2.13. The number of thiophene rings is 1. The molecule has 0 aromatic carbocycles. The Kier molecular flexibility index (Phi) is 4.89. The van der Waals surface area contributed by atoms with Crippen LogP contribution in [0, 0.1) is 11.6 Å². The number of aromatic nitrogens is 1. The van der Waals surface area contributed by atoms with Gasteiger partial charge in [-0.2, -0.15) is 0 Å². The summed E-state index contributed by atoms with van der Waals surface area (Å²) in [6.45, 7) is 4.30. The SMILES string of the molecule is CCNc1nc(NC(C)Cc2cccs2)c(F)cc1F. The minimum atomic E-state index is -0.680. The van der Waals surface area contributed by atoms with E-state index in [0.717, 1.165) is 12.5 Å². The van der Waals surface area contributed by atoms with E-state index in [1.165, 1.54) is 4.88 Å².